The molecule has 15 heavy (non-hydrogen) atoms. The van der Waals surface area contributed by atoms with Gasteiger partial charge in [0.1, 0.15) is 0 Å². The molecule has 7 heteroatoms. The molecule has 1 heterocycles. The quantitative estimate of drug-likeness (QED) is 0.549. The Morgan fingerprint density at radius 1 is 1.47 bits per heavy atom. The van der Waals surface area contributed by atoms with Gasteiger partial charge in [-0.25, -0.2) is 4.72 Å². The average molecular weight is 257 g/mol. The van der Waals surface area contributed by atoms with E-state index in [1.807, 2.05) is 13.8 Å². The molecule has 1 saturated heterocycles. The van der Waals surface area contributed by atoms with Crippen molar-refractivity contribution in [3.63, 3.8) is 0 Å². The summed E-state index contributed by atoms with van der Waals surface area (Å²) in [4.78, 5) is 11.8. The van der Waals surface area contributed by atoms with Crippen molar-refractivity contribution in [3.05, 3.63) is 0 Å². The van der Waals surface area contributed by atoms with E-state index < -0.39 is 15.7 Å². The van der Waals surface area contributed by atoms with Crippen molar-refractivity contribution in [1.29, 1.82) is 0 Å². The van der Waals surface area contributed by atoms with Gasteiger partial charge in [-0.2, -0.15) is 12.7 Å². The van der Waals surface area contributed by atoms with Gasteiger partial charge in [0.15, 0.2) is 5.54 Å². The van der Waals surface area contributed by atoms with Crippen LogP contribution in [0.3, 0.4) is 0 Å². The van der Waals surface area contributed by atoms with Gasteiger partial charge in [0.2, 0.25) is 0 Å². The first kappa shape index (κ1) is 14.7. The van der Waals surface area contributed by atoms with Crippen LogP contribution in [0.15, 0.2) is 0 Å². The second kappa shape index (κ2) is 4.27. The van der Waals surface area contributed by atoms with Crippen LogP contribution in [0.4, 0.5) is 0 Å². The first-order valence-corrected chi connectivity index (χ1v) is 6.19. The van der Waals surface area contributed by atoms with Crippen LogP contribution in [0.25, 0.3) is 0 Å². The topological polar surface area (TPSA) is 71.1 Å². The SMILES string of the molecule is CCN1C(=O)C(C)(C(C)C)[NH2+]S1(=O)=O.[Cl-]. The number of rotatable bonds is 2. The van der Waals surface area contributed by atoms with Gasteiger partial charge in [0.05, 0.1) is 0 Å². The number of hydrogen-bond acceptors (Lipinski definition) is 3. The molecule has 1 amide bonds. The van der Waals surface area contributed by atoms with E-state index in [9.17, 15) is 13.2 Å². The maximum absolute atomic E-state index is 11.8. The van der Waals surface area contributed by atoms with Crippen molar-refractivity contribution >= 4 is 16.1 Å². The van der Waals surface area contributed by atoms with E-state index in [2.05, 4.69) is 0 Å². The summed E-state index contributed by atoms with van der Waals surface area (Å²) in [6.45, 7) is 7.24. The fourth-order valence-corrected chi connectivity index (χ4v) is 3.42. The van der Waals surface area contributed by atoms with E-state index >= 15 is 0 Å². The van der Waals surface area contributed by atoms with Crippen LogP contribution in [0, 0.1) is 5.92 Å². The lowest BCUT2D eigenvalue weighted by atomic mass is 9.89. The van der Waals surface area contributed by atoms with Crippen molar-refractivity contribution in [2.75, 3.05) is 6.54 Å². The number of likely N-dealkylation sites (N-methyl/N-ethyl adjacent to an activating group) is 1. The van der Waals surface area contributed by atoms with E-state index in [1.165, 1.54) is 4.72 Å². The van der Waals surface area contributed by atoms with Crippen LogP contribution in [-0.2, 0) is 15.0 Å². The molecule has 0 radical (unpaired) electrons. The lowest BCUT2D eigenvalue weighted by molar-refractivity contribution is -0.568. The van der Waals surface area contributed by atoms with Crippen molar-refractivity contribution in [2.45, 2.75) is 33.2 Å². The maximum atomic E-state index is 11.8. The normalized spacial score (nSPS) is 29.4. The first-order chi connectivity index (χ1) is 6.25. The Kier molecular flexibility index (Phi) is 4.18. The maximum Gasteiger partial charge on any atom is 0.396 e. The lowest BCUT2D eigenvalue weighted by Crippen LogP contribution is -3.00. The number of carbonyl (C=O) groups is 1. The highest BCUT2D eigenvalue weighted by molar-refractivity contribution is 7.83. The van der Waals surface area contributed by atoms with E-state index in [4.69, 9.17) is 0 Å². The molecule has 1 unspecified atom stereocenters. The summed E-state index contributed by atoms with van der Waals surface area (Å²) in [6, 6.07) is 0. The second-order valence-corrected chi connectivity index (χ2v) is 5.78. The molecule has 1 aliphatic heterocycles. The minimum atomic E-state index is -3.48. The monoisotopic (exact) mass is 256 g/mol. The zero-order valence-corrected chi connectivity index (χ0v) is 10.9. The van der Waals surface area contributed by atoms with Gasteiger partial charge in [-0.05, 0) is 6.92 Å². The Bertz CT molecular complexity index is 355. The van der Waals surface area contributed by atoms with Gasteiger partial charge in [-0.1, -0.05) is 13.8 Å². The highest BCUT2D eigenvalue weighted by atomic mass is 35.5. The molecule has 1 atom stereocenters. The largest absolute Gasteiger partial charge is 1.00 e. The van der Waals surface area contributed by atoms with Crippen LogP contribution in [0.1, 0.15) is 27.7 Å². The molecule has 2 N–H and O–H groups in total. The summed E-state index contributed by atoms with van der Waals surface area (Å²) in [5.74, 6) is -0.323. The zero-order chi connectivity index (χ0) is 11.1. The predicted molar refractivity (Wildman–Crippen MR) is 51.5 cm³/mol. The predicted octanol–water partition coefficient (Wildman–Crippen LogP) is -3.92. The van der Waals surface area contributed by atoms with Gasteiger partial charge >= 0.3 is 16.1 Å². The molecule has 5 nitrogen and oxygen atoms in total. The second-order valence-electron chi connectivity index (χ2n) is 4.07. The highest BCUT2D eigenvalue weighted by Crippen LogP contribution is 2.21. The van der Waals surface area contributed by atoms with Crippen molar-refractivity contribution in [3.8, 4) is 0 Å². The van der Waals surface area contributed by atoms with E-state index in [0.29, 0.717) is 0 Å². The van der Waals surface area contributed by atoms with E-state index in [0.717, 1.165) is 4.31 Å². The third-order valence-corrected chi connectivity index (χ3v) is 4.70. The molecule has 0 bridgehead atoms. The number of carbonyl (C=O) groups excluding carboxylic acids is 1. The van der Waals surface area contributed by atoms with Gasteiger partial charge in [0.25, 0.3) is 0 Å². The number of hydrogen-bond donors (Lipinski definition) is 1. The number of quaternary nitrogens is 1. The van der Waals surface area contributed by atoms with Crippen LogP contribution in [0.2, 0.25) is 0 Å². The third-order valence-electron chi connectivity index (χ3n) is 2.87. The van der Waals surface area contributed by atoms with Crippen molar-refractivity contribution in [1.82, 2.24) is 4.31 Å². The Hall–Kier alpha value is -0.330. The lowest BCUT2D eigenvalue weighted by Gasteiger charge is -2.20. The van der Waals surface area contributed by atoms with Gasteiger partial charge in [0, 0.05) is 19.4 Å². The van der Waals surface area contributed by atoms with Crippen LogP contribution in [-0.4, -0.2) is 30.7 Å². The number of nitrogens with two attached hydrogens (primary N) is 1. The third kappa shape index (κ3) is 2.11. The Labute approximate surface area is 96.8 Å². The zero-order valence-electron chi connectivity index (χ0n) is 9.32. The summed E-state index contributed by atoms with van der Waals surface area (Å²) in [6.07, 6.45) is 0. The molecule has 0 aromatic carbocycles. The van der Waals surface area contributed by atoms with E-state index in [-0.39, 0.29) is 30.8 Å². The molecule has 0 saturated carbocycles. The number of amides is 1. The molecule has 0 aliphatic carbocycles. The summed E-state index contributed by atoms with van der Waals surface area (Å²) in [5.41, 5.74) is -0.866. The molecule has 1 aliphatic rings. The van der Waals surface area contributed by atoms with Crippen molar-refractivity contribution < 1.29 is 30.3 Å². The Morgan fingerprint density at radius 3 is 2.13 bits per heavy atom. The molecular formula is C8H17ClN2O3S. The summed E-state index contributed by atoms with van der Waals surface area (Å²) < 4.78 is 25.3. The molecule has 1 fully saturated rings. The van der Waals surface area contributed by atoms with Gasteiger partial charge < -0.3 is 12.4 Å². The van der Waals surface area contributed by atoms with E-state index in [1.54, 1.807) is 13.8 Å². The molecular weight excluding hydrogens is 240 g/mol. The summed E-state index contributed by atoms with van der Waals surface area (Å²) in [5, 5.41) is 0. The van der Waals surface area contributed by atoms with Crippen LogP contribution >= 0.6 is 0 Å². The van der Waals surface area contributed by atoms with Crippen LogP contribution in [0.5, 0.6) is 0 Å². The number of nitrogens with zero attached hydrogens (tertiary/aromatic N) is 1. The molecule has 90 valence electrons. The molecule has 0 aromatic rings. The fourth-order valence-electron chi connectivity index (χ4n) is 1.51. The average Bonchev–Trinajstić information content (AvgIpc) is 2.19. The molecule has 1 rings (SSSR count). The first-order valence-electron chi connectivity index (χ1n) is 4.68. The standard InChI is InChI=1S/C8H16N2O3S.ClH/c1-5-10-7(11)8(4,6(2)3)9-14(10,12)13;/h6,9H,5H2,1-4H3;1H. The van der Waals surface area contributed by atoms with Gasteiger partial charge in [-0.3, -0.25) is 4.79 Å². The minimum Gasteiger partial charge on any atom is -1.00 e. The summed E-state index contributed by atoms with van der Waals surface area (Å²) >= 11 is 0. The van der Waals surface area contributed by atoms with Gasteiger partial charge in [-0.15, -0.1) is 0 Å². The summed E-state index contributed by atoms with van der Waals surface area (Å²) in [7, 11) is -3.48. The molecule has 0 spiro atoms. The highest BCUT2D eigenvalue weighted by Gasteiger charge is 2.57. The Balaban J connectivity index is 0.00000196. The fraction of sp³-hybridized carbons (Fsp3) is 0.875. The minimum absolute atomic E-state index is 0. The van der Waals surface area contributed by atoms with Crippen LogP contribution < -0.4 is 17.1 Å². The number of halogens is 1. The molecule has 0 aromatic heterocycles. The Morgan fingerprint density at radius 2 is 1.93 bits per heavy atom. The smallest absolute Gasteiger partial charge is 0.396 e. The van der Waals surface area contributed by atoms with Crippen molar-refractivity contribution in [2.24, 2.45) is 5.92 Å².